The van der Waals surface area contributed by atoms with Crippen LogP contribution in [0.25, 0.3) is 0 Å². The summed E-state index contributed by atoms with van der Waals surface area (Å²) in [6.45, 7) is 3.40. The molecule has 2 fully saturated rings. The first-order valence-electron chi connectivity index (χ1n) is 8.02. The Morgan fingerprint density at radius 2 is 2.15 bits per heavy atom. The van der Waals surface area contributed by atoms with Gasteiger partial charge in [-0.2, -0.15) is 0 Å². The standard InChI is InChI=1S/C16H30N2O2/c1-12(13-7-8-13)18(3)11-9-14-6-5-10-16(14,17-2)15(19)20-4/h12-14,17H,5-11H2,1-4H3. The summed E-state index contributed by atoms with van der Waals surface area (Å²) in [7, 11) is 5.61. The van der Waals surface area contributed by atoms with Gasteiger partial charge in [0.05, 0.1) is 7.11 Å². The van der Waals surface area contributed by atoms with Gasteiger partial charge in [0, 0.05) is 6.04 Å². The summed E-state index contributed by atoms with van der Waals surface area (Å²) in [6, 6.07) is 0.679. The lowest BCUT2D eigenvalue weighted by molar-refractivity contribution is -0.150. The zero-order valence-electron chi connectivity index (χ0n) is 13.4. The number of likely N-dealkylation sites (N-methyl/N-ethyl adjacent to an activating group) is 1. The predicted molar refractivity (Wildman–Crippen MR) is 80.6 cm³/mol. The van der Waals surface area contributed by atoms with Crippen LogP contribution in [0.5, 0.6) is 0 Å². The lowest BCUT2D eigenvalue weighted by Gasteiger charge is -2.34. The van der Waals surface area contributed by atoms with Crippen molar-refractivity contribution in [1.29, 1.82) is 0 Å². The van der Waals surface area contributed by atoms with Crippen LogP contribution < -0.4 is 5.32 Å². The van der Waals surface area contributed by atoms with Crippen molar-refractivity contribution in [3.05, 3.63) is 0 Å². The summed E-state index contributed by atoms with van der Waals surface area (Å²) >= 11 is 0. The summed E-state index contributed by atoms with van der Waals surface area (Å²) in [5.41, 5.74) is -0.446. The Labute approximate surface area is 123 Å². The highest BCUT2D eigenvalue weighted by molar-refractivity contribution is 5.81. The van der Waals surface area contributed by atoms with Gasteiger partial charge < -0.3 is 15.0 Å². The molecule has 0 radical (unpaired) electrons. The van der Waals surface area contributed by atoms with E-state index < -0.39 is 5.54 Å². The summed E-state index contributed by atoms with van der Waals surface area (Å²) in [5.74, 6) is 1.22. The predicted octanol–water partition coefficient (Wildman–Crippen LogP) is 2.04. The van der Waals surface area contributed by atoms with Crippen molar-refractivity contribution in [3.8, 4) is 0 Å². The number of esters is 1. The van der Waals surface area contributed by atoms with Crippen LogP contribution in [0.1, 0.15) is 45.4 Å². The van der Waals surface area contributed by atoms with Crippen LogP contribution in [-0.4, -0.2) is 50.2 Å². The average Bonchev–Trinajstić information content (AvgIpc) is 3.23. The molecule has 0 aromatic rings. The molecule has 2 aliphatic rings. The second kappa shape index (κ2) is 6.44. The molecular formula is C16H30N2O2. The van der Waals surface area contributed by atoms with Crippen LogP contribution in [0.3, 0.4) is 0 Å². The minimum Gasteiger partial charge on any atom is -0.468 e. The van der Waals surface area contributed by atoms with Crippen molar-refractivity contribution in [1.82, 2.24) is 10.2 Å². The van der Waals surface area contributed by atoms with Gasteiger partial charge in [-0.3, -0.25) is 4.79 Å². The van der Waals surface area contributed by atoms with E-state index in [1.165, 1.54) is 20.0 Å². The molecule has 0 aromatic carbocycles. The quantitative estimate of drug-likeness (QED) is 0.726. The Balaban J connectivity index is 1.91. The molecule has 2 aliphatic carbocycles. The number of hydrogen-bond donors (Lipinski definition) is 1. The van der Waals surface area contributed by atoms with Gasteiger partial charge in [-0.1, -0.05) is 6.42 Å². The molecule has 0 heterocycles. The number of nitrogens with one attached hydrogen (secondary N) is 1. The maximum Gasteiger partial charge on any atom is 0.326 e. The first kappa shape index (κ1) is 15.8. The Morgan fingerprint density at radius 3 is 2.70 bits per heavy atom. The van der Waals surface area contributed by atoms with Crippen molar-refractivity contribution < 1.29 is 9.53 Å². The zero-order chi connectivity index (χ0) is 14.8. The van der Waals surface area contributed by atoms with Gasteiger partial charge >= 0.3 is 5.97 Å². The van der Waals surface area contributed by atoms with E-state index >= 15 is 0 Å². The van der Waals surface area contributed by atoms with Crippen LogP contribution in [-0.2, 0) is 9.53 Å². The molecule has 0 bridgehead atoms. The van der Waals surface area contributed by atoms with Crippen molar-refractivity contribution in [2.24, 2.45) is 11.8 Å². The van der Waals surface area contributed by atoms with E-state index in [4.69, 9.17) is 4.74 Å². The van der Waals surface area contributed by atoms with E-state index in [1.807, 2.05) is 7.05 Å². The molecule has 3 unspecified atom stereocenters. The van der Waals surface area contributed by atoms with Gasteiger partial charge in [-0.25, -0.2) is 0 Å². The van der Waals surface area contributed by atoms with Crippen LogP contribution in [0, 0.1) is 11.8 Å². The number of methoxy groups -OCH3 is 1. The normalized spacial score (nSPS) is 31.6. The Morgan fingerprint density at radius 1 is 1.45 bits per heavy atom. The minimum absolute atomic E-state index is 0.0830. The second-order valence-corrected chi connectivity index (χ2v) is 6.65. The number of carbonyl (C=O) groups excluding carboxylic acids is 1. The van der Waals surface area contributed by atoms with Crippen LogP contribution >= 0.6 is 0 Å². The van der Waals surface area contributed by atoms with Crippen LogP contribution in [0.15, 0.2) is 0 Å². The molecule has 2 rings (SSSR count). The lowest BCUT2D eigenvalue weighted by atomic mass is 9.84. The largest absolute Gasteiger partial charge is 0.468 e. The van der Waals surface area contributed by atoms with E-state index in [2.05, 4.69) is 24.2 Å². The summed E-state index contributed by atoms with van der Waals surface area (Å²) in [5, 5.41) is 3.27. The SMILES string of the molecule is CNC1(C(=O)OC)CCCC1CCN(C)C(C)C1CC1. The van der Waals surface area contributed by atoms with E-state index in [9.17, 15) is 4.79 Å². The number of hydrogen-bond acceptors (Lipinski definition) is 4. The first-order chi connectivity index (χ1) is 9.55. The summed E-state index contributed by atoms with van der Waals surface area (Å²) in [4.78, 5) is 14.6. The second-order valence-electron chi connectivity index (χ2n) is 6.65. The smallest absolute Gasteiger partial charge is 0.326 e. The number of carbonyl (C=O) groups is 1. The molecule has 20 heavy (non-hydrogen) atoms. The van der Waals surface area contributed by atoms with Crippen molar-refractivity contribution in [2.45, 2.75) is 57.0 Å². The molecule has 0 spiro atoms. The molecule has 4 nitrogen and oxygen atoms in total. The maximum atomic E-state index is 12.2. The maximum absolute atomic E-state index is 12.2. The summed E-state index contributed by atoms with van der Waals surface area (Å²) in [6.07, 6.45) is 6.99. The molecule has 4 heteroatoms. The highest BCUT2D eigenvalue weighted by Gasteiger charge is 2.48. The summed E-state index contributed by atoms with van der Waals surface area (Å²) < 4.78 is 5.05. The molecule has 116 valence electrons. The third-order valence-electron chi connectivity index (χ3n) is 5.65. The zero-order valence-corrected chi connectivity index (χ0v) is 13.4. The molecule has 1 N–H and O–H groups in total. The van der Waals surface area contributed by atoms with Gasteiger partial charge in [0.1, 0.15) is 5.54 Å². The molecule has 0 aromatic heterocycles. The average molecular weight is 282 g/mol. The van der Waals surface area contributed by atoms with Gasteiger partial charge in [0.15, 0.2) is 0 Å². The molecule has 2 saturated carbocycles. The number of nitrogens with zero attached hydrogens (tertiary/aromatic N) is 1. The molecular weight excluding hydrogens is 252 g/mol. The monoisotopic (exact) mass is 282 g/mol. The topological polar surface area (TPSA) is 41.6 Å². The number of ether oxygens (including phenoxy) is 1. The molecule has 3 atom stereocenters. The molecule has 0 amide bonds. The van der Waals surface area contributed by atoms with Crippen molar-refractivity contribution >= 4 is 5.97 Å². The highest BCUT2D eigenvalue weighted by atomic mass is 16.5. The van der Waals surface area contributed by atoms with E-state index in [1.54, 1.807) is 0 Å². The Bertz CT molecular complexity index is 343. The van der Waals surface area contributed by atoms with Crippen molar-refractivity contribution in [2.75, 3.05) is 27.7 Å². The van der Waals surface area contributed by atoms with Gasteiger partial charge in [0.2, 0.25) is 0 Å². The molecule has 0 aliphatic heterocycles. The van der Waals surface area contributed by atoms with Gasteiger partial charge in [-0.15, -0.1) is 0 Å². The van der Waals surface area contributed by atoms with Crippen molar-refractivity contribution in [3.63, 3.8) is 0 Å². The fraction of sp³-hybridized carbons (Fsp3) is 0.938. The third-order valence-corrected chi connectivity index (χ3v) is 5.65. The van der Waals surface area contributed by atoms with E-state index in [0.29, 0.717) is 12.0 Å². The fourth-order valence-corrected chi connectivity index (χ4v) is 3.85. The van der Waals surface area contributed by atoms with Crippen LogP contribution in [0.4, 0.5) is 0 Å². The van der Waals surface area contributed by atoms with Gasteiger partial charge in [0.25, 0.3) is 0 Å². The Kier molecular flexibility index (Phi) is 5.08. The fourth-order valence-electron chi connectivity index (χ4n) is 3.85. The van der Waals surface area contributed by atoms with Crippen LogP contribution in [0.2, 0.25) is 0 Å². The third kappa shape index (κ3) is 3.01. The van der Waals surface area contributed by atoms with Gasteiger partial charge in [-0.05, 0) is 71.5 Å². The van der Waals surface area contributed by atoms with E-state index in [-0.39, 0.29) is 5.97 Å². The first-order valence-corrected chi connectivity index (χ1v) is 8.02. The minimum atomic E-state index is -0.446. The lowest BCUT2D eigenvalue weighted by Crippen LogP contribution is -2.54. The Hall–Kier alpha value is -0.610. The number of rotatable bonds is 7. The molecule has 0 saturated heterocycles. The highest BCUT2D eigenvalue weighted by Crippen LogP contribution is 2.39. The van der Waals surface area contributed by atoms with E-state index in [0.717, 1.165) is 38.1 Å².